The summed E-state index contributed by atoms with van der Waals surface area (Å²) in [4.78, 5) is 4.13. The van der Waals surface area contributed by atoms with E-state index in [4.69, 9.17) is 10.5 Å². The van der Waals surface area contributed by atoms with E-state index in [1.165, 1.54) is 0 Å². The quantitative estimate of drug-likeness (QED) is 0.731. The fourth-order valence-electron chi connectivity index (χ4n) is 1.26. The van der Waals surface area contributed by atoms with E-state index in [-0.39, 0.29) is 0 Å². The van der Waals surface area contributed by atoms with Crippen LogP contribution in [0, 0.1) is 0 Å². The molecular weight excluding hydrogens is 178 g/mol. The first-order chi connectivity index (χ1) is 6.88. The number of nitrogens with zero attached hydrogens (tertiary/aromatic N) is 1. The molecule has 1 aromatic carbocycles. The van der Waals surface area contributed by atoms with Gasteiger partial charge in [-0.15, -0.1) is 0 Å². The molecule has 0 aliphatic carbocycles. The van der Waals surface area contributed by atoms with Crippen LogP contribution in [0.4, 0.5) is 5.69 Å². The molecule has 2 rings (SSSR count). The maximum absolute atomic E-state index is 5.49. The Kier molecular flexibility index (Phi) is 2.65. The van der Waals surface area contributed by atoms with Crippen molar-refractivity contribution in [2.75, 3.05) is 18.5 Å². The third-order valence-electron chi connectivity index (χ3n) is 2.03. The average Bonchev–Trinajstić information content (AvgIpc) is 2.72. The molecule has 0 bridgehead atoms. The zero-order valence-electron chi connectivity index (χ0n) is 7.86. The van der Waals surface area contributed by atoms with E-state index in [1.807, 2.05) is 24.3 Å². The zero-order valence-corrected chi connectivity index (χ0v) is 7.86. The van der Waals surface area contributed by atoms with Crippen LogP contribution in [0.3, 0.4) is 0 Å². The minimum Gasteiger partial charge on any atom is -0.463 e. The Labute approximate surface area is 82.8 Å². The van der Waals surface area contributed by atoms with E-state index in [0.717, 1.165) is 17.8 Å². The summed E-state index contributed by atoms with van der Waals surface area (Å²) in [7, 11) is 0. The van der Waals surface area contributed by atoms with E-state index in [9.17, 15) is 0 Å². The lowest BCUT2D eigenvalue weighted by Crippen LogP contribution is -2.11. The topological polar surface area (TPSA) is 59.6 Å². The number of hydrogen-bond acceptors (Lipinski definition) is 4. The molecule has 74 valence electrons. The van der Waals surface area contributed by atoms with Gasteiger partial charge in [-0.05, 0) is 17.7 Å². The van der Waals surface area contributed by atoms with Crippen LogP contribution in [-0.4, -0.2) is 19.2 Å². The number of nitrogens with two attached hydrogens (primary N) is 1. The van der Waals surface area contributed by atoms with Gasteiger partial charge in [-0.2, -0.15) is 0 Å². The molecule has 0 radical (unpaired) electrons. The molecule has 0 saturated carbocycles. The van der Waals surface area contributed by atoms with E-state index >= 15 is 0 Å². The Morgan fingerprint density at radius 3 is 2.71 bits per heavy atom. The molecule has 0 spiro atoms. The van der Waals surface area contributed by atoms with Crippen molar-refractivity contribution in [1.82, 2.24) is 0 Å². The highest BCUT2D eigenvalue weighted by molar-refractivity contribution is 5.89. The molecule has 0 fully saturated rings. The summed E-state index contributed by atoms with van der Waals surface area (Å²) in [6.45, 7) is 1.98. The van der Waals surface area contributed by atoms with Gasteiger partial charge in [-0.25, -0.2) is 4.99 Å². The van der Waals surface area contributed by atoms with Gasteiger partial charge in [-0.3, -0.25) is 0 Å². The summed E-state index contributed by atoms with van der Waals surface area (Å²) in [5, 5.41) is 3.08. The van der Waals surface area contributed by atoms with E-state index in [1.54, 1.807) is 0 Å². The molecule has 1 aromatic rings. The van der Waals surface area contributed by atoms with Gasteiger partial charge in [0.2, 0.25) is 0 Å². The van der Waals surface area contributed by atoms with E-state index in [0.29, 0.717) is 19.2 Å². The number of aliphatic imine (C=N–C) groups is 1. The Hall–Kier alpha value is -1.55. The Balaban J connectivity index is 2.02. The number of benzene rings is 1. The number of rotatable bonds is 2. The molecule has 1 heterocycles. The fourth-order valence-corrected chi connectivity index (χ4v) is 1.26. The largest absolute Gasteiger partial charge is 0.463 e. The normalized spacial score (nSPS) is 14.8. The third kappa shape index (κ3) is 2.03. The van der Waals surface area contributed by atoms with Crippen LogP contribution in [0.2, 0.25) is 0 Å². The van der Waals surface area contributed by atoms with Crippen molar-refractivity contribution < 1.29 is 4.74 Å². The highest BCUT2D eigenvalue weighted by Gasteiger charge is 2.06. The zero-order chi connectivity index (χ0) is 9.80. The molecule has 0 amide bonds. The lowest BCUT2D eigenvalue weighted by Gasteiger charge is -2.05. The molecule has 0 saturated heterocycles. The second-order valence-electron chi connectivity index (χ2n) is 3.06. The molecule has 14 heavy (non-hydrogen) atoms. The number of hydrogen-bond donors (Lipinski definition) is 2. The van der Waals surface area contributed by atoms with Gasteiger partial charge in [0.1, 0.15) is 6.61 Å². The Morgan fingerprint density at radius 2 is 2.14 bits per heavy atom. The summed E-state index contributed by atoms with van der Waals surface area (Å²) < 4.78 is 5.23. The highest BCUT2D eigenvalue weighted by atomic mass is 16.5. The smallest absolute Gasteiger partial charge is 0.289 e. The summed E-state index contributed by atoms with van der Waals surface area (Å²) in [6.07, 6.45) is 0. The summed E-state index contributed by atoms with van der Waals surface area (Å²) in [5.74, 6) is 0. The molecule has 0 atom stereocenters. The summed E-state index contributed by atoms with van der Waals surface area (Å²) in [5.41, 5.74) is 7.59. The molecule has 1 aliphatic heterocycles. The lowest BCUT2D eigenvalue weighted by molar-refractivity contribution is 0.346. The van der Waals surface area contributed by atoms with Gasteiger partial charge in [0.25, 0.3) is 6.02 Å². The second kappa shape index (κ2) is 4.11. The van der Waals surface area contributed by atoms with E-state index < -0.39 is 0 Å². The van der Waals surface area contributed by atoms with Crippen LogP contribution in [-0.2, 0) is 11.3 Å². The monoisotopic (exact) mass is 191 g/mol. The van der Waals surface area contributed by atoms with Gasteiger partial charge in [0.05, 0.1) is 6.54 Å². The molecule has 0 aromatic heterocycles. The number of amidine groups is 1. The fraction of sp³-hybridized carbons (Fsp3) is 0.300. The summed E-state index contributed by atoms with van der Waals surface area (Å²) >= 11 is 0. The molecular formula is C10H13N3O. The lowest BCUT2D eigenvalue weighted by atomic mass is 10.2. The first-order valence-electron chi connectivity index (χ1n) is 4.62. The second-order valence-corrected chi connectivity index (χ2v) is 3.06. The minimum absolute atomic E-state index is 0.567. The molecule has 1 aliphatic rings. The van der Waals surface area contributed by atoms with Crippen molar-refractivity contribution in [3.8, 4) is 0 Å². The number of ether oxygens (including phenoxy) is 1. The van der Waals surface area contributed by atoms with Gasteiger partial charge >= 0.3 is 0 Å². The maximum Gasteiger partial charge on any atom is 0.289 e. The van der Waals surface area contributed by atoms with Crippen LogP contribution in [0.15, 0.2) is 29.3 Å². The highest BCUT2D eigenvalue weighted by Crippen LogP contribution is 2.10. The van der Waals surface area contributed by atoms with Crippen molar-refractivity contribution in [2.45, 2.75) is 6.54 Å². The maximum atomic E-state index is 5.49. The molecule has 4 heteroatoms. The van der Waals surface area contributed by atoms with Crippen molar-refractivity contribution in [3.63, 3.8) is 0 Å². The average molecular weight is 191 g/mol. The van der Waals surface area contributed by atoms with Crippen molar-refractivity contribution in [3.05, 3.63) is 29.8 Å². The number of nitrogens with one attached hydrogen (secondary N) is 1. The van der Waals surface area contributed by atoms with Crippen molar-refractivity contribution in [2.24, 2.45) is 10.7 Å². The van der Waals surface area contributed by atoms with Crippen LogP contribution in [0.5, 0.6) is 0 Å². The van der Waals surface area contributed by atoms with Crippen LogP contribution >= 0.6 is 0 Å². The van der Waals surface area contributed by atoms with Gasteiger partial charge in [0, 0.05) is 12.2 Å². The van der Waals surface area contributed by atoms with Crippen LogP contribution in [0.1, 0.15) is 5.56 Å². The Bertz CT molecular complexity index is 332. The first kappa shape index (κ1) is 9.02. The molecule has 4 nitrogen and oxygen atoms in total. The minimum atomic E-state index is 0.567. The third-order valence-corrected chi connectivity index (χ3v) is 2.03. The molecule has 3 N–H and O–H groups in total. The predicted octanol–water partition coefficient (Wildman–Crippen LogP) is 0.943. The summed E-state index contributed by atoms with van der Waals surface area (Å²) in [6, 6.07) is 8.50. The van der Waals surface area contributed by atoms with Gasteiger partial charge in [0.15, 0.2) is 0 Å². The first-order valence-corrected chi connectivity index (χ1v) is 4.62. The Morgan fingerprint density at radius 1 is 1.36 bits per heavy atom. The van der Waals surface area contributed by atoms with Gasteiger partial charge < -0.3 is 15.8 Å². The van der Waals surface area contributed by atoms with Crippen LogP contribution in [0.25, 0.3) is 0 Å². The van der Waals surface area contributed by atoms with Gasteiger partial charge in [-0.1, -0.05) is 12.1 Å². The van der Waals surface area contributed by atoms with Crippen LogP contribution < -0.4 is 11.1 Å². The SMILES string of the molecule is NCc1ccc(NC2=NCCO2)cc1. The predicted molar refractivity (Wildman–Crippen MR) is 56.2 cm³/mol. The van der Waals surface area contributed by atoms with E-state index in [2.05, 4.69) is 10.3 Å². The number of anilines is 1. The van der Waals surface area contributed by atoms with Crippen molar-refractivity contribution in [1.29, 1.82) is 0 Å². The van der Waals surface area contributed by atoms with Crippen molar-refractivity contribution >= 4 is 11.7 Å². The molecule has 0 unspecified atom stereocenters. The standard InChI is InChI=1S/C10H13N3O/c11-7-8-1-3-9(4-2-8)13-10-12-5-6-14-10/h1-4H,5-7,11H2,(H,12,13).